The molecule has 0 radical (unpaired) electrons. The molecule has 318 valence electrons. The van der Waals surface area contributed by atoms with Crippen molar-refractivity contribution in [1.82, 2.24) is 24.9 Å². The molecule has 0 saturated carbocycles. The molecule has 0 atom stereocenters. The van der Waals surface area contributed by atoms with Gasteiger partial charge in [0.2, 0.25) is 0 Å². The van der Waals surface area contributed by atoms with Crippen LogP contribution in [0.25, 0.3) is 123 Å². The summed E-state index contributed by atoms with van der Waals surface area (Å²) in [6, 6.07) is 86.4. The van der Waals surface area contributed by atoms with Crippen LogP contribution in [0.5, 0.6) is 0 Å². The zero-order valence-electron chi connectivity index (χ0n) is 36.9. The molecule has 0 N–H and O–H groups in total. The lowest BCUT2D eigenvalue weighted by Gasteiger charge is -2.16. The van der Waals surface area contributed by atoms with Gasteiger partial charge in [-0.25, -0.2) is 24.9 Å². The van der Waals surface area contributed by atoms with Crippen LogP contribution in [0.3, 0.4) is 0 Å². The van der Waals surface area contributed by atoms with E-state index in [0.717, 1.165) is 99.7 Å². The van der Waals surface area contributed by atoms with Gasteiger partial charge in [-0.2, -0.15) is 0 Å². The average Bonchev–Trinajstić information content (AvgIpc) is 3.43. The summed E-state index contributed by atoms with van der Waals surface area (Å²) in [5.74, 6) is 2.51. The monoisotopic (exact) mass is 867 g/mol. The quantitative estimate of drug-likeness (QED) is 0.145. The van der Waals surface area contributed by atoms with Gasteiger partial charge in [-0.15, -0.1) is 0 Å². The summed E-state index contributed by atoms with van der Waals surface area (Å²) in [4.78, 5) is 26.0. The van der Waals surface area contributed by atoms with Crippen molar-refractivity contribution in [2.75, 3.05) is 0 Å². The maximum absolute atomic E-state index is 5.24. The molecule has 5 nitrogen and oxygen atoms in total. The highest BCUT2D eigenvalue weighted by molar-refractivity contribution is 6.11. The zero-order chi connectivity index (χ0) is 45.2. The van der Waals surface area contributed by atoms with E-state index in [0.29, 0.717) is 23.3 Å². The SMILES string of the molecule is c1ccc(-c2ccc(-c3nc(-c4ccc(-c5ccccc5)cc4)nc(-c4ccc(-c5ccc(-c6nc(-c7ccccc7)cc(-c7ccccc7)n6)c6ccccc56)c5ccccc45)n3)cc2)cc1. The lowest BCUT2D eigenvalue weighted by Crippen LogP contribution is -2.01. The Labute approximate surface area is 394 Å². The predicted octanol–water partition coefficient (Wildman–Crippen LogP) is 16.0. The van der Waals surface area contributed by atoms with Crippen molar-refractivity contribution in [1.29, 1.82) is 0 Å². The van der Waals surface area contributed by atoms with Crippen LogP contribution in [-0.4, -0.2) is 24.9 Å². The van der Waals surface area contributed by atoms with Gasteiger partial charge in [-0.3, -0.25) is 0 Å². The number of hydrogen-bond donors (Lipinski definition) is 0. The zero-order valence-corrected chi connectivity index (χ0v) is 36.9. The summed E-state index contributed by atoms with van der Waals surface area (Å²) in [5.41, 5.74) is 14.4. The van der Waals surface area contributed by atoms with E-state index in [9.17, 15) is 0 Å². The maximum Gasteiger partial charge on any atom is 0.164 e. The van der Waals surface area contributed by atoms with Crippen LogP contribution in [0.1, 0.15) is 0 Å². The number of nitrogens with zero attached hydrogens (tertiary/aromatic N) is 5. The highest BCUT2D eigenvalue weighted by Crippen LogP contribution is 2.41. The van der Waals surface area contributed by atoms with Crippen LogP contribution in [0.15, 0.2) is 249 Å². The van der Waals surface area contributed by atoms with Gasteiger partial charge >= 0.3 is 0 Å². The van der Waals surface area contributed by atoms with E-state index in [4.69, 9.17) is 24.9 Å². The van der Waals surface area contributed by atoms with Crippen molar-refractivity contribution in [3.8, 4) is 101 Å². The van der Waals surface area contributed by atoms with Crippen LogP contribution in [0.4, 0.5) is 0 Å². The summed E-state index contributed by atoms with van der Waals surface area (Å²) >= 11 is 0. The standard InChI is InChI=1S/C63H41N5/c1-5-17-42(18-6-1)44-29-33-48(34-30-44)60-66-61(49-35-31-45(32-36-49)43-19-7-2-8-20-43)68-63(67-60)57-40-38-55(51-26-14-16-28-53(51)57)54-37-39-56(52-27-15-13-25-50(52)54)62-64-58(46-21-9-3-10-22-46)41-59(65-62)47-23-11-4-12-24-47/h1-41H. The molecule has 0 bridgehead atoms. The van der Waals surface area contributed by atoms with Crippen LogP contribution in [0.2, 0.25) is 0 Å². The molecule has 0 aliphatic heterocycles. The highest BCUT2D eigenvalue weighted by atomic mass is 15.0. The number of benzene rings is 10. The fraction of sp³-hybridized carbons (Fsp3) is 0. The molecule has 0 spiro atoms. The van der Waals surface area contributed by atoms with Crippen molar-refractivity contribution < 1.29 is 0 Å². The van der Waals surface area contributed by atoms with E-state index in [2.05, 4.69) is 200 Å². The number of rotatable bonds is 9. The molecule has 0 aliphatic carbocycles. The first-order valence-electron chi connectivity index (χ1n) is 22.8. The Kier molecular flexibility index (Phi) is 10.5. The van der Waals surface area contributed by atoms with Crippen molar-refractivity contribution >= 4 is 21.5 Å². The van der Waals surface area contributed by atoms with Crippen molar-refractivity contribution in [3.63, 3.8) is 0 Å². The third-order valence-electron chi connectivity index (χ3n) is 12.6. The Morgan fingerprint density at radius 1 is 0.176 bits per heavy atom. The number of hydrogen-bond acceptors (Lipinski definition) is 5. The van der Waals surface area contributed by atoms with E-state index < -0.39 is 0 Å². The molecular weight excluding hydrogens is 827 g/mol. The molecule has 0 aliphatic rings. The van der Waals surface area contributed by atoms with Gasteiger partial charge in [0.05, 0.1) is 11.4 Å². The van der Waals surface area contributed by atoms with E-state index in [-0.39, 0.29) is 0 Å². The molecule has 0 unspecified atom stereocenters. The van der Waals surface area contributed by atoms with E-state index in [1.807, 2.05) is 48.5 Å². The minimum atomic E-state index is 0.608. The van der Waals surface area contributed by atoms with Gasteiger partial charge in [0, 0.05) is 33.4 Å². The van der Waals surface area contributed by atoms with Gasteiger partial charge in [0.25, 0.3) is 0 Å². The van der Waals surface area contributed by atoms with Crippen molar-refractivity contribution in [2.45, 2.75) is 0 Å². The molecule has 0 fully saturated rings. The minimum absolute atomic E-state index is 0.608. The summed E-state index contributed by atoms with van der Waals surface area (Å²) in [6.07, 6.45) is 0. The maximum atomic E-state index is 5.24. The molecule has 12 rings (SSSR count). The first-order valence-corrected chi connectivity index (χ1v) is 22.8. The van der Waals surface area contributed by atoms with Crippen molar-refractivity contribution in [2.24, 2.45) is 0 Å². The fourth-order valence-corrected chi connectivity index (χ4v) is 9.18. The Bertz CT molecular complexity index is 3590. The lowest BCUT2D eigenvalue weighted by molar-refractivity contribution is 1.08. The lowest BCUT2D eigenvalue weighted by atomic mass is 9.90. The van der Waals surface area contributed by atoms with Gasteiger partial charge in [0.1, 0.15) is 0 Å². The van der Waals surface area contributed by atoms with E-state index in [1.54, 1.807) is 0 Å². The second kappa shape index (κ2) is 17.7. The van der Waals surface area contributed by atoms with Gasteiger partial charge in [-0.05, 0) is 73.1 Å². The molecular formula is C63H41N5. The molecule has 0 amide bonds. The fourth-order valence-electron chi connectivity index (χ4n) is 9.18. The molecule has 12 aromatic rings. The molecule has 2 aromatic heterocycles. The summed E-state index contributed by atoms with van der Waals surface area (Å²) < 4.78 is 0. The first kappa shape index (κ1) is 40.3. The van der Waals surface area contributed by atoms with Crippen LogP contribution in [0, 0.1) is 0 Å². The molecule has 10 aromatic carbocycles. The Morgan fingerprint density at radius 2 is 0.441 bits per heavy atom. The first-order chi connectivity index (χ1) is 33.7. The topological polar surface area (TPSA) is 64.5 Å². The molecule has 5 heteroatoms. The van der Waals surface area contributed by atoms with Crippen LogP contribution >= 0.6 is 0 Å². The van der Waals surface area contributed by atoms with E-state index in [1.165, 1.54) is 0 Å². The second-order valence-corrected chi connectivity index (χ2v) is 16.8. The number of fused-ring (bicyclic) bond motifs is 2. The van der Waals surface area contributed by atoms with E-state index >= 15 is 0 Å². The van der Waals surface area contributed by atoms with Gasteiger partial charge < -0.3 is 0 Å². The average molecular weight is 868 g/mol. The molecule has 2 heterocycles. The third-order valence-corrected chi connectivity index (χ3v) is 12.6. The number of aromatic nitrogens is 5. The summed E-state index contributed by atoms with van der Waals surface area (Å²) in [5, 5.41) is 4.33. The second-order valence-electron chi connectivity index (χ2n) is 16.8. The summed E-state index contributed by atoms with van der Waals surface area (Å²) in [6.45, 7) is 0. The molecule has 68 heavy (non-hydrogen) atoms. The minimum Gasteiger partial charge on any atom is -0.228 e. The highest BCUT2D eigenvalue weighted by Gasteiger charge is 2.19. The predicted molar refractivity (Wildman–Crippen MR) is 279 cm³/mol. The van der Waals surface area contributed by atoms with Crippen LogP contribution < -0.4 is 0 Å². The third kappa shape index (κ3) is 7.78. The Hall–Kier alpha value is -9.19. The van der Waals surface area contributed by atoms with Crippen LogP contribution in [-0.2, 0) is 0 Å². The Morgan fingerprint density at radius 3 is 0.824 bits per heavy atom. The normalized spacial score (nSPS) is 11.2. The van der Waals surface area contributed by atoms with Gasteiger partial charge in [-0.1, -0.05) is 231 Å². The summed E-state index contributed by atoms with van der Waals surface area (Å²) in [7, 11) is 0. The largest absolute Gasteiger partial charge is 0.228 e. The molecule has 0 saturated heterocycles. The van der Waals surface area contributed by atoms with Gasteiger partial charge in [0.15, 0.2) is 23.3 Å². The Balaban J connectivity index is 0.986. The smallest absolute Gasteiger partial charge is 0.164 e. The van der Waals surface area contributed by atoms with Crippen molar-refractivity contribution in [3.05, 3.63) is 249 Å².